The van der Waals surface area contributed by atoms with Gasteiger partial charge in [0.2, 0.25) is 0 Å². The summed E-state index contributed by atoms with van der Waals surface area (Å²) in [5.41, 5.74) is 9.26. The molecule has 0 saturated carbocycles. The first-order valence-corrected chi connectivity index (χ1v) is 6.89. The molecule has 1 aliphatic heterocycles. The van der Waals surface area contributed by atoms with E-state index in [0.717, 1.165) is 18.9 Å². The van der Waals surface area contributed by atoms with Crippen molar-refractivity contribution in [2.24, 2.45) is 5.73 Å². The Kier molecular flexibility index (Phi) is 2.93. The number of hydrogen-bond donors (Lipinski definition) is 1. The van der Waals surface area contributed by atoms with Gasteiger partial charge in [-0.15, -0.1) is 0 Å². The largest absolute Gasteiger partial charge is 0.324 e. The van der Waals surface area contributed by atoms with Crippen LogP contribution in [0.2, 0.25) is 0 Å². The molecule has 2 heteroatoms. The molecule has 0 amide bonds. The fraction of sp³-hybridized carbons (Fsp3) is 0.600. The number of piperidine rings is 1. The Labute approximate surface area is 104 Å². The normalized spacial score (nSPS) is 32.9. The van der Waals surface area contributed by atoms with Gasteiger partial charge in [-0.05, 0) is 49.4 Å². The second kappa shape index (κ2) is 4.43. The lowest BCUT2D eigenvalue weighted by molar-refractivity contribution is 0.111. The Morgan fingerprint density at radius 3 is 2.82 bits per heavy atom. The van der Waals surface area contributed by atoms with Gasteiger partial charge in [-0.2, -0.15) is 0 Å². The van der Waals surface area contributed by atoms with Crippen molar-refractivity contribution in [3.05, 3.63) is 35.4 Å². The maximum atomic E-state index is 6.34. The van der Waals surface area contributed by atoms with Crippen molar-refractivity contribution in [1.82, 2.24) is 4.90 Å². The topological polar surface area (TPSA) is 29.3 Å². The van der Waals surface area contributed by atoms with Crippen LogP contribution in [-0.2, 0) is 0 Å². The highest BCUT2D eigenvalue weighted by Crippen LogP contribution is 2.43. The molecule has 1 aliphatic carbocycles. The monoisotopic (exact) mass is 230 g/mol. The minimum Gasteiger partial charge on any atom is -0.324 e. The zero-order chi connectivity index (χ0) is 11.8. The Balaban J connectivity index is 1.99. The SMILES string of the molecule is CCN1CCC[C@@H]2c3ccccc3[C@@H](N)C[C@H]21. The van der Waals surface area contributed by atoms with Crippen molar-refractivity contribution < 1.29 is 0 Å². The molecule has 0 bridgehead atoms. The molecule has 2 aliphatic rings. The van der Waals surface area contributed by atoms with Gasteiger partial charge >= 0.3 is 0 Å². The molecular weight excluding hydrogens is 208 g/mol. The van der Waals surface area contributed by atoms with Gasteiger partial charge in [-0.25, -0.2) is 0 Å². The second-order valence-corrected chi connectivity index (χ2v) is 5.42. The third kappa shape index (κ3) is 1.80. The molecule has 1 saturated heterocycles. The van der Waals surface area contributed by atoms with E-state index in [4.69, 9.17) is 5.73 Å². The van der Waals surface area contributed by atoms with Gasteiger partial charge in [0.05, 0.1) is 0 Å². The van der Waals surface area contributed by atoms with E-state index >= 15 is 0 Å². The van der Waals surface area contributed by atoms with Crippen molar-refractivity contribution in [2.75, 3.05) is 13.1 Å². The van der Waals surface area contributed by atoms with Crippen LogP contribution in [-0.4, -0.2) is 24.0 Å². The number of nitrogens with two attached hydrogens (primary N) is 1. The molecule has 92 valence electrons. The molecule has 0 radical (unpaired) electrons. The molecule has 17 heavy (non-hydrogen) atoms. The van der Waals surface area contributed by atoms with Crippen LogP contribution < -0.4 is 5.73 Å². The summed E-state index contributed by atoms with van der Waals surface area (Å²) in [6.45, 7) is 4.69. The van der Waals surface area contributed by atoms with Crippen molar-refractivity contribution in [2.45, 2.75) is 44.2 Å². The average Bonchev–Trinajstić information content (AvgIpc) is 2.39. The Morgan fingerprint density at radius 2 is 2.06 bits per heavy atom. The molecule has 2 N–H and O–H groups in total. The first kappa shape index (κ1) is 11.2. The first-order valence-electron chi connectivity index (χ1n) is 6.89. The highest BCUT2D eigenvalue weighted by atomic mass is 15.2. The van der Waals surface area contributed by atoms with E-state index in [1.165, 1.54) is 30.5 Å². The number of likely N-dealkylation sites (N-methyl/N-ethyl adjacent to an activating group) is 1. The standard InChI is InChI=1S/C15H22N2/c1-2-17-9-5-8-13-11-6-3-4-7-12(11)14(16)10-15(13)17/h3-4,6-7,13-15H,2,5,8-10,16H2,1H3/t13-,14+,15-/m1/s1. The molecule has 3 rings (SSSR count). The van der Waals surface area contributed by atoms with Crippen molar-refractivity contribution in [3.63, 3.8) is 0 Å². The van der Waals surface area contributed by atoms with Gasteiger partial charge in [0.25, 0.3) is 0 Å². The summed E-state index contributed by atoms with van der Waals surface area (Å²) in [6, 6.07) is 9.73. The van der Waals surface area contributed by atoms with Gasteiger partial charge in [-0.1, -0.05) is 31.2 Å². The van der Waals surface area contributed by atoms with E-state index < -0.39 is 0 Å². The highest BCUT2D eigenvalue weighted by Gasteiger charge is 2.38. The summed E-state index contributed by atoms with van der Waals surface area (Å²) in [7, 11) is 0. The molecule has 1 heterocycles. The lowest BCUT2D eigenvalue weighted by Gasteiger charge is -2.46. The number of benzene rings is 1. The molecule has 2 nitrogen and oxygen atoms in total. The summed E-state index contributed by atoms with van der Waals surface area (Å²) in [5, 5.41) is 0. The minimum atomic E-state index is 0.236. The van der Waals surface area contributed by atoms with Crippen LogP contribution >= 0.6 is 0 Å². The molecule has 0 unspecified atom stereocenters. The number of rotatable bonds is 1. The van der Waals surface area contributed by atoms with Gasteiger partial charge < -0.3 is 5.73 Å². The third-order valence-electron chi connectivity index (χ3n) is 4.59. The smallest absolute Gasteiger partial charge is 0.0312 e. The fourth-order valence-corrected chi connectivity index (χ4v) is 3.77. The number of likely N-dealkylation sites (tertiary alicyclic amines) is 1. The van der Waals surface area contributed by atoms with E-state index in [2.05, 4.69) is 36.1 Å². The lowest BCUT2D eigenvalue weighted by Crippen LogP contribution is -2.48. The zero-order valence-electron chi connectivity index (χ0n) is 10.6. The van der Waals surface area contributed by atoms with Crippen LogP contribution in [0.3, 0.4) is 0 Å². The Morgan fingerprint density at radius 1 is 1.29 bits per heavy atom. The summed E-state index contributed by atoms with van der Waals surface area (Å²) in [4.78, 5) is 2.63. The number of nitrogens with zero attached hydrogens (tertiary/aromatic N) is 1. The average molecular weight is 230 g/mol. The predicted octanol–water partition coefficient (Wildman–Crippen LogP) is 2.66. The van der Waals surface area contributed by atoms with Crippen molar-refractivity contribution in [3.8, 4) is 0 Å². The van der Waals surface area contributed by atoms with Crippen LogP contribution in [0, 0.1) is 0 Å². The highest BCUT2D eigenvalue weighted by molar-refractivity contribution is 5.37. The van der Waals surface area contributed by atoms with E-state index in [0.29, 0.717) is 6.04 Å². The zero-order valence-corrected chi connectivity index (χ0v) is 10.6. The van der Waals surface area contributed by atoms with Gasteiger partial charge in [0, 0.05) is 12.1 Å². The second-order valence-electron chi connectivity index (χ2n) is 5.42. The van der Waals surface area contributed by atoms with E-state index in [-0.39, 0.29) is 6.04 Å². The predicted molar refractivity (Wildman–Crippen MR) is 71.0 cm³/mol. The van der Waals surface area contributed by atoms with Crippen molar-refractivity contribution in [1.29, 1.82) is 0 Å². The molecule has 0 spiro atoms. The van der Waals surface area contributed by atoms with Crippen LogP contribution in [0.1, 0.15) is 49.3 Å². The van der Waals surface area contributed by atoms with Crippen LogP contribution in [0.25, 0.3) is 0 Å². The fourth-order valence-electron chi connectivity index (χ4n) is 3.77. The van der Waals surface area contributed by atoms with Crippen molar-refractivity contribution >= 4 is 0 Å². The third-order valence-corrected chi connectivity index (χ3v) is 4.59. The maximum Gasteiger partial charge on any atom is 0.0312 e. The first-order chi connectivity index (χ1) is 8.31. The minimum absolute atomic E-state index is 0.236. The number of fused-ring (bicyclic) bond motifs is 3. The molecule has 3 atom stereocenters. The summed E-state index contributed by atoms with van der Waals surface area (Å²) in [5.74, 6) is 0.722. The Bertz CT molecular complexity index is 402. The van der Waals surface area contributed by atoms with E-state index in [1.54, 1.807) is 0 Å². The lowest BCUT2D eigenvalue weighted by atomic mass is 9.72. The molecule has 1 aromatic rings. The number of hydrogen-bond acceptors (Lipinski definition) is 2. The van der Waals surface area contributed by atoms with Crippen LogP contribution in [0.15, 0.2) is 24.3 Å². The van der Waals surface area contributed by atoms with E-state index in [9.17, 15) is 0 Å². The summed E-state index contributed by atoms with van der Waals surface area (Å²) >= 11 is 0. The van der Waals surface area contributed by atoms with Gasteiger partial charge in [0.15, 0.2) is 0 Å². The molecular formula is C15H22N2. The van der Waals surface area contributed by atoms with Crippen LogP contribution in [0.5, 0.6) is 0 Å². The van der Waals surface area contributed by atoms with Crippen LogP contribution in [0.4, 0.5) is 0 Å². The van der Waals surface area contributed by atoms with Gasteiger partial charge in [0.1, 0.15) is 0 Å². The van der Waals surface area contributed by atoms with E-state index in [1.807, 2.05) is 0 Å². The Hall–Kier alpha value is -0.860. The summed E-state index contributed by atoms with van der Waals surface area (Å²) < 4.78 is 0. The van der Waals surface area contributed by atoms with Gasteiger partial charge in [-0.3, -0.25) is 4.90 Å². The maximum absolute atomic E-state index is 6.34. The molecule has 1 aromatic carbocycles. The quantitative estimate of drug-likeness (QED) is 0.803. The molecule has 0 aromatic heterocycles. The molecule has 1 fully saturated rings. The summed E-state index contributed by atoms with van der Waals surface area (Å²) in [6.07, 6.45) is 3.80.